The van der Waals surface area contributed by atoms with Gasteiger partial charge in [0.2, 0.25) is 5.91 Å². The number of nitrogen functional groups attached to an aromatic ring is 1. The second-order valence-corrected chi connectivity index (χ2v) is 5.48. The largest absolute Gasteiger partial charge is 0.399 e. The van der Waals surface area contributed by atoms with E-state index in [4.69, 9.17) is 5.73 Å². The van der Waals surface area contributed by atoms with Crippen LogP contribution in [0.2, 0.25) is 0 Å². The number of amides is 1. The number of benzene rings is 1. The minimum absolute atomic E-state index is 0.149. The highest BCUT2D eigenvalue weighted by Crippen LogP contribution is 2.32. The van der Waals surface area contributed by atoms with Gasteiger partial charge in [0.1, 0.15) is 5.54 Å². The fraction of sp³-hybridized carbons (Fsp3) is 0.500. The Morgan fingerprint density at radius 3 is 2.61 bits per heavy atom. The van der Waals surface area contributed by atoms with Gasteiger partial charge in [-0.05, 0) is 38.5 Å². The first kappa shape index (κ1) is 12.7. The first-order valence-corrected chi connectivity index (χ1v) is 6.23. The quantitative estimate of drug-likeness (QED) is 0.767. The Morgan fingerprint density at radius 1 is 1.28 bits per heavy atom. The van der Waals surface area contributed by atoms with Crippen molar-refractivity contribution >= 4 is 17.3 Å². The number of piperazine rings is 1. The van der Waals surface area contributed by atoms with Crippen LogP contribution in [0, 0.1) is 6.92 Å². The third kappa shape index (κ3) is 1.92. The van der Waals surface area contributed by atoms with Gasteiger partial charge in [0, 0.05) is 31.5 Å². The molecule has 4 nitrogen and oxygen atoms in total. The molecule has 0 saturated carbocycles. The van der Waals surface area contributed by atoms with Gasteiger partial charge in [0.05, 0.1) is 0 Å². The molecule has 1 heterocycles. The molecule has 2 rings (SSSR count). The summed E-state index contributed by atoms with van der Waals surface area (Å²) in [6.07, 6.45) is 0. The van der Waals surface area contributed by atoms with Gasteiger partial charge < -0.3 is 15.5 Å². The van der Waals surface area contributed by atoms with Crippen LogP contribution in [0.15, 0.2) is 18.2 Å². The van der Waals surface area contributed by atoms with Crippen molar-refractivity contribution in [3.05, 3.63) is 23.8 Å². The lowest BCUT2D eigenvalue weighted by Gasteiger charge is -2.46. The van der Waals surface area contributed by atoms with E-state index in [-0.39, 0.29) is 5.91 Å². The standard InChI is InChI=1S/C14H21N3O/c1-10-5-6-11(15)9-12(10)17-8-7-16(4)13(18)14(17,2)3/h5-6,9H,7-8,15H2,1-4H3. The third-order valence-corrected chi connectivity index (χ3v) is 3.73. The van der Waals surface area contributed by atoms with Crippen LogP contribution in [0.25, 0.3) is 0 Å². The Kier molecular flexibility index (Phi) is 2.97. The SMILES string of the molecule is Cc1ccc(N)cc1N1CCN(C)C(=O)C1(C)C. The molecule has 1 aliphatic rings. The molecule has 0 spiro atoms. The molecular formula is C14H21N3O. The average Bonchev–Trinajstić information content (AvgIpc) is 2.30. The summed E-state index contributed by atoms with van der Waals surface area (Å²) >= 11 is 0. The van der Waals surface area contributed by atoms with Gasteiger partial charge in [0.25, 0.3) is 0 Å². The Bertz CT molecular complexity index is 482. The van der Waals surface area contributed by atoms with Crippen LogP contribution in [-0.2, 0) is 4.79 Å². The molecule has 0 aromatic heterocycles. The van der Waals surface area contributed by atoms with E-state index in [1.54, 1.807) is 4.90 Å². The zero-order valence-electron chi connectivity index (χ0n) is 11.5. The van der Waals surface area contributed by atoms with Crippen LogP contribution in [-0.4, -0.2) is 36.5 Å². The summed E-state index contributed by atoms with van der Waals surface area (Å²) in [4.78, 5) is 16.2. The van der Waals surface area contributed by atoms with Crippen LogP contribution in [0.1, 0.15) is 19.4 Å². The average molecular weight is 247 g/mol. The van der Waals surface area contributed by atoms with Gasteiger partial charge in [-0.3, -0.25) is 4.79 Å². The number of nitrogens with two attached hydrogens (primary N) is 1. The van der Waals surface area contributed by atoms with E-state index in [0.717, 1.165) is 30.0 Å². The van der Waals surface area contributed by atoms with Crippen molar-refractivity contribution in [2.24, 2.45) is 0 Å². The number of carbonyl (C=O) groups is 1. The van der Waals surface area contributed by atoms with Gasteiger partial charge >= 0.3 is 0 Å². The number of rotatable bonds is 1. The molecule has 0 radical (unpaired) electrons. The summed E-state index contributed by atoms with van der Waals surface area (Å²) in [7, 11) is 1.85. The lowest BCUT2D eigenvalue weighted by Crippen LogP contribution is -2.62. The van der Waals surface area contributed by atoms with Gasteiger partial charge in [0.15, 0.2) is 0 Å². The summed E-state index contributed by atoms with van der Waals surface area (Å²) in [5.74, 6) is 0.149. The zero-order chi connectivity index (χ0) is 13.5. The fourth-order valence-corrected chi connectivity index (χ4v) is 2.55. The van der Waals surface area contributed by atoms with Crippen molar-refractivity contribution in [1.82, 2.24) is 4.90 Å². The van der Waals surface area contributed by atoms with Crippen LogP contribution < -0.4 is 10.6 Å². The molecule has 2 N–H and O–H groups in total. The summed E-state index contributed by atoms with van der Waals surface area (Å²) < 4.78 is 0. The Balaban J connectivity index is 2.44. The molecule has 1 amide bonds. The van der Waals surface area contributed by atoms with Crippen LogP contribution >= 0.6 is 0 Å². The van der Waals surface area contributed by atoms with E-state index < -0.39 is 5.54 Å². The number of likely N-dealkylation sites (N-methyl/N-ethyl adjacent to an activating group) is 1. The predicted octanol–water partition coefficient (Wildman–Crippen LogP) is 1.63. The lowest BCUT2D eigenvalue weighted by molar-refractivity contribution is -0.136. The van der Waals surface area contributed by atoms with Crippen molar-refractivity contribution < 1.29 is 4.79 Å². The Hall–Kier alpha value is -1.71. The molecule has 1 fully saturated rings. The van der Waals surface area contributed by atoms with E-state index in [1.165, 1.54) is 0 Å². The normalized spacial score (nSPS) is 19.2. The highest BCUT2D eigenvalue weighted by Gasteiger charge is 2.40. The third-order valence-electron chi connectivity index (χ3n) is 3.73. The number of anilines is 2. The Morgan fingerprint density at radius 2 is 1.94 bits per heavy atom. The molecule has 1 aromatic rings. The number of carbonyl (C=O) groups excluding carboxylic acids is 1. The predicted molar refractivity (Wildman–Crippen MR) is 74.7 cm³/mol. The maximum absolute atomic E-state index is 12.3. The van der Waals surface area contributed by atoms with Crippen LogP contribution in [0.3, 0.4) is 0 Å². The maximum atomic E-state index is 12.3. The van der Waals surface area contributed by atoms with Crippen molar-refractivity contribution in [3.8, 4) is 0 Å². The fourth-order valence-electron chi connectivity index (χ4n) is 2.55. The summed E-state index contributed by atoms with van der Waals surface area (Å²) in [5.41, 5.74) is 8.28. The number of aryl methyl sites for hydroxylation is 1. The summed E-state index contributed by atoms with van der Waals surface area (Å²) in [5, 5.41) is 0. The second kappa shape index (κ2) is 4.19. The smallest absolute Gasteiger partial charge is 0.247 e. The molecule has 1 saturated heterocycles. The number of hydrogen-bond acceptors (Lipinski definition) is 3. The van der Waals surface area contributed by atoms with E-state index in [2.05, 4.69) is 4.90 Å². The number of hydrogen-bond donors (Lipinski definition) is 1. The van der Waals surface area contributed by atoms with Crippen molar-refractivity contribution in [1.29, 1.82) is 0 Å². The molecular weight excluding hydrogens is 226 g/mol. The molecule has 4 heteroatoms. The summed E-state index contributed by atoms with van der Waals surface area (Å²) in [6, 6.07) is 5.85. The first-order chi connectivity index (χ1) is 8.34. The highest BCUT2D eigenvalue weighted by atomic mass is 16.2. The number of nitrogens with zero attached hydrogens (tertiary/aromatic N) is 2. The first-order valence-electron chi connectivity index (χ1n) is 6.23. The van der Waals surface area contributed by atoms with E-state index in [0.29, 0.717) is 0 Å². The van der Waals surface area contributed by atoms with Crippen molar-refractivity contribution in [2.45, 2.75) is 26.3 Å². The molecule has 98 valence electrons. The molecule has 18 heavy (non-hydrogen) atoms. The maximum Gasteiger partial charge on any atom is 0.247 e. The van der Waals surface area contributed by atoms with Crippen molar-refractivity contribution in [2.75, 3.05) is 30.8 Å². The van der Waals surface area contributed by atoms with Gasteiger partial charge in [-0.15, -0.1) is 0 Å². The molecule has 0 unspecified atom stereocenters. The van der Waals surface area contributed by atoms with E-state index >= 15 is 0 Å². The van der Waals surface area contributed by atoms with Crippen LogP contribution in [0.5, 0.6) is 0 Å². The summed E-state index contributed by atoms with van der Waals surface area (Å²) in [6.45, 7) is 7.56. The topological polar surface area (TPSA) is 49.6 Å². The van der Waals surface area contributed by atoms with Crippen molar-refractivity contribution in [3.63, 3.8) is 0 Å². The minimum Gasteiger partial charge on any atom is -0.399 e. The molecule has 1 aromatic carbocycles. The lowest BCUT2D eigenvalue weighted by atomic mass is 9.95. The van der Waals surface area contributed by atoms with E-state index in [1.807, 2.05) is 46.0 Å². The zero-order valence-corrected chi connectivity index (χ0v) is 11.5. The minimum atomic E-state index is -0.522. The monoisotopic (exact) mass is 247 g/mol. The van der Waals surface area contributed by atoms with Gasteiger partial charge in [-0.25, -0.2) is 0 Å². The molecule has 0 atom stereocenters. The van der Waals surface area contributed by atoms with E-state index in [9.17, 15) is 4.79 Å². The second-order valence-electron chi connectivity index (χ2n) is 5.48. The van der Waals surface area contributed by atoms with Gasteiger partial charge in [-0.1, -0.05) is 6.07 Å². The molecule has 0 bridgehead atoms. The molecule has 1 aliphatic heterocycles. The highest BCUT2D eigenvalue weighted by molar-refractivity contribution is 5.90. The van der Waals surface area contributed by atoms with Crippen LogP contribution in [0.4, 0.5) is 11.4 Å². The van der Waals surface area contributed by atoms with Gasteiger partial charge in [-0.2, -0.15) is 0 Å². The molecule has 0 aliphatic carbocycles. The Labute approximate surface area is 108 Å².